The number of hydrogen-bond acceptors (Lipinski definition) is 6. The van der Waals surface area contributed by atoms with Crippen LogP contribution in [0.2, 0.25) is 5.02 Å². The van der Waals surface area contributed by atoms with Gasteiger partial charge in [-0.1, -0.05) is 29.8 Å². The molecule has 36 heavy (non-hydrogen) atoms. The van der Waals surface area contributed by atoms with Crippen LogP contribution in [0.15, 0.2) is 48.5 Å². The molecule has 0 spiro atoms. The molecular weight excluding hydrogens is 496 g/mol. The third-order valence-corrected chi connectivity index (χ3v) is 7.58. The number of methoxy groups -OCH3 is 1. The number of aromatic nitrogens is 1. The van der Waals surface area contributed by atoms with Crippen LogP contribution < -0.4 is 15.5 Å². The lowest BCUT2D eigenvalue weighted by Gasteiger charge is -2.37. The molecule has 2 aromatic heterocycles. The number of anilines is 3. The van der Waals surface area contributed by atoms with Crippen molar-refractivity contribution >= 4 is 62.0 Å². The summed E-state index contributed by atoms with van der Waals surface area (Å²) in [7, 11) is 1.65. The van der Waals surface area contributed by atoms with Crippen molar-refractivity contribution in [2.75, 3.05) is 22.6 Å². The van der Waals surface area contributed by atoms with Crippen molar-refractivity contribution in [1.29, 1.82) is 0 Å². The van der Waals surface area contributed by atoms with E-state index in [4.69, 9.17) is 21.3 Å². The Hall–Kier alpha value is -3.46. The van der Waals surface area contributed by atoms with Gasteiger partial charge in [-0.05, 0) is 60.9 Å². The minimum atomic E-state index is -0.510. The molecule has 0 radical (unpaired) electrons. The summed E-state index contributed by atoms with van der Waals surface area (Å²) in [6, 6.07) is 15.1. The number of rotatable bonds is 5. The molecule has 0 saturated heterocycles. The van der Waals surface area contributed by atoms with E-state index in [1.165, 1.54) is 18.3 Å². The average Bonchev–Trinajstić information content (AvgIpc) is 3.20. The van der Waals surface area contributed by atoms with E-state index < -0.39 is 6.17 Å². The molecule has 3 heterocycles. The molecule has 0 bridgehead atoms. The molecule has 0 saturated carbocycles. The Kier molecular flexibility index (Phi) is 6.42. The zero-order valence-electron chi connectivity index (χ0n) is 20.3. The van der Waals surface area contributed by atoms with E-state index in [0.717, 1.165) is 38.3 Å². The van der Waals surface area contributed by atoms with Crippen LogP contribution in [0.1, 0.15) is 45.1 Å². The summed E-state index contributed by atoms with van der Waals surface area (Å²) in [5.41, 5.74) is 5.75. The highest BCUT2D eigenvalue weighted by Crippen LogP contribution is 2.46. The van der Waals surface area contributed by atoms with Gasteiger partial charge in [0, 0.05) is 41.5 Å². The number of hydrogen-bond donors (Lipinski definition) is 2. The molecule has 1 aliphatic rings. The average molecular weight is 521 g/mol. The number of ether oxygens (including phenoxy) is 1. The maximum absolute atomic E-state index is 14.1. The largest absolute Gasteiger partial charge is 0.380 e. The Morgan fingerprint density at radius 3 is 2.61 bits per heavy atom. The van der Waals surface area contributed by atoms with Gasteiger partial charge in [0.05, 0.1) is 12.3 Å². The number of amides is 2. The van der Waals surface area contributed by atoms with E-state index in [2.05, 4.69) is 10.6 Å². The number of nitrogens with zero attached hydrogens (tertiary/aromatic N) is 2. The van der Waals surface area contributed by atoms with Crippen molar-refractivity contribution in [3.63, 3.8) is 0 Å². The monoisotopic (exact) mass is 520 g/mol. The number of halogens is 1. The van der Waals surface area contributed by atoms with Gasteiger partial charge in [0.25, 0.3) is 5.91 Å². The first-order chi connectivity index (χ1) is 17.3. The van der Waals surface area contributed by atoms with Crippen LogP contribution in [0.5, 0.6) is 0 Å². The van der Waals surface area contributed by atoms with Gasteiger partial charge in [-0.25, -0.2) is 4.98 Å². The molecule has 1 aliphatic heterocycles. The summed E-state index contributed by atoms with van der Waals surface area (Å²) in [6.07, 6.45) is -0.510. The van der Waals surface area contributed by atoms with Crippen molar-refractivity contribution in [1.82, 2.24) is 4.98 Å². The van der Waals surface area contributed by atoms with Crippen molar-refractivity contribution in [2.24, 2.45) is 0 Å². The third-order valence-electron chi connectivity index (χ3n) is 6.10. The fraction of sp³-hybridized carbons (Fsp3) is 0.222. The molecule has 1 atom stereocenters. The van der Waals surface area contributed by atoms with Crippen LogP contribution in [-0.4, -0.2) is 23.9 Å². The SMILES string of the molecule is COCc1cc(C)nc2sc3c(c12)N[C@H](c1ccc(NC(C)=O)cc1)N(c1ccc(C)c(Cl)c1)C3=O. The lowest BCUT2D eigenvalue weighted by Crippen LogP contribution is -2.42. The molecule has 4 aromatic rings. The Labute approximate surface area is 218 Å². The molecule has 2 aromatic carbocycles. The molecule has 0 unspecified atom stereocenters. The van der Waals surface area contributed by atoms with E-state index in [1.807, 2.05) is 62.4 Å². The molecule has 9 heteroatoms. The Bertz CT molecular complexity index is 1500. The Morgan fingerprint density at radius 2 is 1.94 bits per heavy atom. The summed E-state index contributed by atoms with van der Waals surface area (Å²) < 4.78 is 5.45. The fourth-order valence-electron chi connectivity index (χ4n) is 4.48. The van der Waals surface area contributed by atoms with Gasteiger partial charge < -0.3 is 15.4 Å². The van der Waals surface area contributed by atoms with Crippen molar-refractivity contribution in [2.45, 2.75) is 33.5 Å². The van der Waals surface area contributed by atoms with E-state index >= 15 is 0 Å². The van der Waals surface area contributed by atoms with E-state index in [9.17, 15) is 9.59 Å². The molecule has 2 N–H and O–H groups in total. The van der Waals surface area contributed by atoms with Gasteiger partial charge in [-0.3, -0.25) is 14.5 Å². The predicted molar refractivity (Wildman–Crippen MR) is 145 cm³/mol. The van der Waals surface area contributed by atoms with Crippen LogP contribution in [0.3, 0.4) is 0 Å². The summed E-state index contributed by atoms with van der Waals surface area (Å²) in [5, 5.41) is 7.89. The zero-order valence-corrected chi connectivity index (χ0v) is 21.9. The Morgan fingerprint density at radius 1 is 1.19 bits per heavy atom. The number of thiophene rings is 1. The highest BCUT2D eigenvalue weighted by atomic mass is 35.5. The zero-order chi connectivity index (χ0) is 25.6. The highest BCUT2D eigenvalue weighted by molar-refractivity contribution is 7.21. The first kappa shape index (κ1) is 24.2. The minimum absolute atomic E-state index is 0.136. The van der Waals surface area contributed by atoms with E-state index in [1.54, 1.807) is 12.0 Å². The van der Waals surface area contributed by atoms with Crippen LogP contribution in [0.25, 0.3) is 10.2 Å². The van der Waals surface area contributed by atoms with Gasteiger partial charge in [-0.2, -0.15) is 0 Å². The quantitative estimate of drug-likeness (QED) is 0.316. The highest BCUT2D eigenvalue weighted by Gasteiger charge is 2.38. The van der Waals surface area contributed by atoms with Gasteiger partial charge in [0.1, 0.15) is 15.9 Å². The summed E-state index contributed by atoms with van der Waals surface area (Å²) >= 11 is 7.83. The summed E-state index contributed by atoms with van der Waals surface area (Å²) in [4.78, 5) is 33.4. The van der Waals surface area contributed by atoms with E-state index in [0.29, 0.717) is 27.9 Å². The lowest BCUT2D eigenvalue weighted by atomic mass is 10.0. The summed E-state index contributed by atoms with van der Waals surface area (Å²) in [5.74, 6) is -0.281. The third kappa shape index (κ3) is 4.32. The molecule has 2 amide bonds. The first-order valence-electron chi connectivity index (χ1n) is 11.4. The number of benzene rings is 2. The second-order valence-electron chi connectivity index (χ2n) is 8.80. The predicted octanol–water partition coefficient (Wildman–Crippen LogP) is 6.44. The lowest BCUT2D eigenvalue weighted by molar-refractivity contribution is -0.114. The second-order valence-corrected chi connectivity index (χ2v) is 10.2. The number of aryl methyl sites for hydroxylation is 2. The standard InChI is InChI=1S/C27H25ClN4O3S/c1-14-5-10-20(12-21(14)28)32-25(17-6-8-19(9-7-17)30-16(3)33)31-23-22-18(13-35-4)11-15(2)29-26(22)36-24(23)27(32)34/h5-12,25,31H,13H2,1-4H3,(H,30,33)/t25-/m0/s1. The van der Waals surface area contributed by atoms with Crippen molar-refractivity contribution in [3.05, 3.63) is 80.8 Å². The van der Waals surface area contributed by atoms with Gasteiger partial charge >= 0.3 is 0 Å². The molecule has 0 aliphatic carbocycles. The van der Waals surface area contributed by atoms with Gasteiger partial charge in [0.15, 0.2) is 0 Å². The first-order valence-corrected chi connectivity index (χ1v) is 12.6. The second kappa shape index (κ2) is 9.54. The molecule has 5 rings (SSSR count). The molecule has 7 nitrogen and oxygen atoms in total. The van der Waals surface area contributed by atoms with Crippen LogP contribution in [0.4, 0.5) is 17.1 Å². The number of nitrogens with one attached hydrogen (secondary N) is 2. The molecular formula is C27H25ClN4O3S. The number of carbonyl (C=O) groups excluding carboxylic acids is 2. The van der Waals surface area contributed by atoms with Crippen LogP contribution in [0, 0.1) is 13.8 Å². The van der Waals surface area contributed by atoms with Gasteiger partial charge in [0.2, 0.25) is 5.91 Å². The van der Waals surface area contributed by atoms with Gasteiger partial charge in [-0.15, -0.1) is 11.3 Å². The van der Waals surface area contributed by atoms with Crippen LogP contribution in [-0.2, 0) is 16.1 Å². The number of carbonyl (C=O) groups is 2. The smallest absolute Gasteiger partial charge is 0.272 e. The van der Waals surface area contributed by atoms with Crippen molar-refractivity contribution < 1.29 is 14.3 Å². The summed E-state index contributed by atoms with van der Waals surface area (Å²) in [6.45, 7) is 5.74. The van der Waals surface area contributed by atoms with Crippen molar-refractivity contribution in [3.8, 4) is 0 Å². The maximum Gasteiger partial charge on any atom is 0.272 e. The fourth-order valence-corrected chi connectivity index (χ4v) is 5.82. The molecule has 0 fully saturated rings. The van der Waals surface area contributed by atoms with Crippen LogP contribution >= 0.6 is 22.9 Å². The topological polar surface area (TPSA) is 83.6 Å². The molecule has 184 valence electrons. The number of fused-ring (bicyclic) bond motifs is 3. The van der Waals surface area contributed by atoms with E-state index in [-0.39, 0.29) is 11.8 Å². The Balaban J connectivity index is 1.68. The number of pyridine rings is 1. The minimum Gasteiger partial charge on any atom is -0.380 e. The normalized spacial score (nSPS) is 15.1. The maximum atomic E-state index is 14.1.